The van der Waals surface area contributed by atoms with Crippen molar-refractivity contribution in [3.63, 3.8) is 0 Å². The van der Waals surface area contributed by atoms with E-state index in [1.54, 1.807) is 0 Å². The molecule has 1 aromatic carbocycles. The van der Waals surface area contributed by atoms with Crippen molar-refractivity contribution >= 4 is 11.5 Å². The fraction of sp³-hybridized carbons (Fsp3) is 0.615. The molecule has 0 spiro atoms. The van der Waals surface area contributed by atoms with E-state index in [1.165, 1.54) is 22.4 Å². The Bertz CT molecular complexity index is 835. The summed E-state index contributed by atoms with van der Waals surface area (Å²) in [7, 11) is 0. The van der Waals surface area contributed by atoms with Gasteiger partial charge in [-0.3, -0.25) is 0 Å². The van der Waals surface area contributed by atoms with Gasteiger partial charge in [-0.2, -0.15) is 0 Å². The molecule has 3 rings (SSSR count). The number of benzene rings is 1. The minimum Gasteiger partial charge on any atom is -0.367 e. The Morgan fingerprint density at radius 3 is 2.23 bits per heavy atom. The highest BCUT2D eigenvalue weighted by molar-refractivity contribution is 5.75. The molecule has 0 saturated carbocycles. The monoisotopic (exact) mass is 423 g/mol. The number of nitrogens with zero attached hydrogens (tertiary/aromatic N) is 4. The molecule has 2 aromatic rings. The summed E-state index contributed by atoms with van der Waals surface area (Å²) >= 11 is 0. The van der Waals surface area contributed by atoms with Gasteiger partial charge in [0.1, 0.15) is 5.69 Å². The Labute approximate surface area is 189 Å². The molecular formula is C26H41N5. The molecule has 1 atom stereocenters. The Balaban J connectivity index is 2.21. The van der Waals surface area contributed by atoms with Crippen LogP contribution in [-0.4, -0.2) is 48.7 Å². The van der Waals surface area contributed by atoms with Crippen molar-refractivity contribution in [2.24, 2.45) is 0 Å². The molecule has 0 bridgehead atoms. The van der Waals surface area contributed by atoms with Crippen LogP contribution < -0.4 is 15.1 Å². The van der Waals surface area contributed by atoms with Gasteiger partial charge in [-0.25, -0.2) is 9.97 Å². The number of hydrogen-bond donors (Lipinski definition) is 1. The molecule has 0 radical (unpaired) electrons. The number of aromatic nitrogens is 2. The van der Waals surface area contributed by atoms with Gasteiger partial charge in [0.25, 0.3) is 0 Å². The molecule has 0 unspecified atom stereocenters. The molecule has 1 fully saturated rings. The molecule has 170 valence electrons. The fourth-order valence-corrected chi connectivity index (χ4v) is 4.78. The summed E-state index contributed by atoms with van der Waals surface area (Å²) in [5.74, 6) is 2.01. The van der Waals surface area contributed by atoms with Crippen molar-refractivity contribution in [1.82, 2.24) is 15.3 Å². The zero-order valence-corrected chi connectivity index (χ0v) is 20.5. The largest absolute Gasteiger partial charge is 0.367 e. The second kappa shape index (κ2) is 10.9. The summed E-state index contributed by atoms with van der Waals surface area (Å²) in [6, 6.07) is 7.09. The minimum atomic E-state index is 0.459. The lowest BCUT2D eigenvalue weighted by Gasteiger charge is -2.37. The van der Waals surface area contributed by atoms with Crippen molar-refractivity contribution in [3.8, 4) is 11.4 Å². The summed E-state index contributed by atoms with van der Waals surface area (Å²) < 4.78 is 0. The number of nitrogens with one attached hydrogen (secondary N) is 1. The minimum absolute atomic E-state index is 0.459. The predicted molar refractivity (Wildman–Crippen MR) is 133 cm³/mol. The van der Waals surface area contributed by atoms with Crippen LogP contribution in [-0.2, 0) is 12.8 Å². The molecular weight excluding hydrogens is 382 g/mol. The van der Waals surface area contributed by atoms with Gasteiger partial charge in [-0.15, -0.1) is 0 Å². The van der Waals surface area contributed by atoms with E-state index in [0.717, 1.165) is 75.7 Å². The molecule has 5 nitrogen and oxygen atoms in total. The quantitative estimate of drug-likeness (QED) is 0.615. The van der Waals surface area contributed by atoms with Gasteiger partial charge in [0.15, 0.2) is 11.6 Å². The summed E-state index contributed by atoms with van der Waals surface area (Å²) in [6.07, 6.45) is 4.23. The number of rotatable bonds is 9. The molecule has 1 N–H and O–H groups in total. The highest BCUT2D eigenvalue weighted by Crippen LogP contribution is 2.35. The van der Waals surface area contributed by atoms with Gasteiger partial charge in [0.2, 0.25) is 0 Å². The maximum absolute atomic E-state index is 5.31. The van der Waals surface area contributed by atoms with E-state index in [4.69, 9.17) is 9.97 Å². The first kappa shape index (κ1) is 23.5. The summed E-state index contributed by atoms with van der Waals surface area (Å²) in [5.41, 5.74) is 6.24. The number of hydrogen-bond acceptors (Lipinski definition) is 5. The van der Waals surface area contributed by atoms with E-state index >= 15 is 0 Å². The molecule has 31 heavy (non-hydrogen) atoms. The molecule has 1 aliphatic rings. The third-order valence-electron chi connectivity index (χ3n) is 6.23. The van der Waals surface area contributed by atoms with Crippen LogP contribution in [0.1, 0.15) is 64.3 Å². The lowest BCUT2D eigenvalue weighted by molar-refractivity contribution is 0.482. The van der Waals surface area contributed by atoms with Crippen LogP contribution >= 0.6 is 0 Å². The number of piperazine rings is 1. The molecule has 1 saturated heterocycles. The molecule has 1 aromatic heterocycles. The van der Waals surface area contributed by atoms with E-state index in [-0.39, 0.29) is 0 Å². The van der Waals surface area contributed by atoms with Crippen molar-refractivity contribution < 1.29 is 0 Å². The lowest BCUT2D eigenvalue weighted by atomic mass is 9.96. The summed E-state index contributed by atoms with van der Waals surface area (Å²) in [4.78, 5) is 15.4. The first-order chi connectivity index (χ1) is 15.0. The predicted octanol–water partition coefficient (Wildman–Crippen LogP) is 5.00. The SMILES string of the molecule is CCCN(CCC)c1c(C)nc(-c2c(CC)cccc2CC)nc1N1CCN[C@H](C)C1. The van der Waals surface area contributed by atoms with Crippen LogP contribution in [0.4, 0.5) is 11.5 Å². The van der Waals surface area contributed by atoms with Crippen LogP contribution in [0.5, 0.6) is 0 Å². The van der Waals surface area contributed by atoms with Crippen LogP contribution in [0.2, 0.25) is 0 Å². The lowest BCUT2D eigenvalue weighted by Crippen LogP contribution is -2.50. The first-order valence-corrected chi connectivity index (χ1v) is 12.3. The third-order valence-corrected chi connectivity index (χ3v) is 6.23. The van der Waals surface area contributed by atoms with E-state index in [2.05, 4.69) is 74.9 Å². The molecule has 2 heterocycles. The van der Waals surface area contributed by atoms with E-state index in [0.29, 0.717) is 6.04 Å². The average Bonchev–Trinajstić information content (AvgIpc) is 2.77. The van der Waals surface area contributed by atoms with Gasteiger partial charge in [0.05, 0.1) is 5.69 Å². The Hall–Kier alpha value is -2.14. The second-order valence-electron chi connectivity index (χ2n) is 8.75. The van der Waals surface area contributed by atoms with Crippen LogP contribution in [0, 0.1) is 6.92 Å². The molecule has 0 amide bonds. The standard InChI is InChI=1S/C26H41N5/c1-7-15-30(16-8-2)24-20(6)28-25(23-21(9-3)12-11-13-22(23)10-4)29-26(24)31-17-14-27-19(5)18-31/h11-13,19,27H,7-10,14-18H2,1-6H3/t19-/m1/s1. The highest BCUT2D eigenvalue weighted by Gasteiger charge is 2.26. The third kappa shape index (κ3) is 5.20. The van der Waals surface area contributed by atoms with Crippen LogP contribution in [0.25, 0.3) is 11.4 Å². The maximum Gasteiger partial charge on any atom is 0.162 e. The summed E-state index contributed by atoms with van der Waals surface area (Å²) in [6.45, 7) is 18.4. The van der Waals surface area contributed by atoms with Crippen LogP contribution in [0.3, 0.4) is 0 Å². The zero-order valence-electron chi connectivity index (χ0n) is 20.5. The summed E-state index contributed by atoms with van der Waals surface area (Å²) in [5, 5.41) is 3.58. The Kier molecular flexibility index (Phi) is 8.30. The van der Waals surface area contributed by atoms with Gasteiger partial charge >= 0.3 is 0 Å². The number of aryl methyl sites for hydroxylation is 3. The molecule has 5 heteroatoms. The molecule has 1 aliphatic heterocycles. The van der Waals surface area contributed by atoms with E-state index in [9.17, 15) is 0 Å². The van der Waals surface area contributed by atoms with Gasteiger partial charge < -0.3 is 15.1 Å². The van der Waals surface area contributed by atoms with Gasteiger partial charge in [-0.05, 0) is 50.7 Å². The van der Waals surface area contributed by atoms with Crippen molar-refractivity contribution in [2.45, 2.75) is 73.3 Å². The maximum atomic E-state index is 5.31. The average molecular weight is 424 g/mol. The van der Waals surface area contributed by atoms with E-state index in [1.807, 2.05) is 0 Å². The zero-order chi connectivity index (χ0) is 22.4. The van der Waals surface area contributed by atoms with Gasteiger partial charge in [0, 0.05) is 44.3 Å². The van der Waals surface area contributed by atoms with Gasteiger partial charge in [-0.1, -0.05) is 45.9 Å². The normalized spacial score (nSPS) is 16.6. The highest BCUT2D eigenvalue weighted by atomic mass is 15.3. The van der Waals surface area contributed by atoms with Crippen molar-refractivity contribution in [3.05, 3.63) is 35.0 Å². The Morgan fingerprint density at radius 2 is 1.68 bits per heavy atom. The molecule has 0 aliphatic carbocycles. The first-order valence-electron chi connectivity index (χ1n) is 12.3. The topological polar surface area (TPSA) is 44.3 Å². The van der Waals surface area contributed by atoms with E-state index < -0.39 is 0 Å². The smallest absolute Gasteiger partial charge is 0.162 e. The van der Waals surface area contributed by atoms with Crippen LogP contribution in [0.15, 0.2) is 18.2 Å². The number of anilines is 2. The second-order valence-corrected chi connectivity index (χ2v) is 8.75. The Morgan fingerprint density at radius 1 is 1.03 bits per heavy atom. The van der Waals surface area contributed by atoms with Crippen molar-refractivity contribution in [1.29, 1.82) is 0 Å². The van der Waals surface area contributed by atoms with Crippen molar-refractivity contribution in [2.75, 3.05) is 42.5 Å². The fourth-order valence-electron chi connectivity index (χ4n) is 4.78.